The van der Waals surface area contributed by atoms with Gasteiger partial charge in [0.15, 0.2) is 25.3 Å². The van der Waals surface area contributed by atoms with Crippen LogP contribution in [0.3, 0.4) is 0 Å². The lowest BCUT2D eigenvalue weighted by molar-refractivity contribution is -0.0356. The number of aromatic nitrogens is 4. The Balaban J connectivity index is 1.42. The van der Waals surface area contributed by atoms with Crippen molar-refractivity contribution in [3.8, 4) is 11.5 Å². The van der Waals surface area contributed by atoms with Gasteiger partial charge in [-0.05, 0) is 78.1 Å². The molecule has 55 heavy (non-hydrogen) atoms. The van der Waals surface area contributed by atoms with E-state index in [0.29, 0.717) is 35.7 Å². The number of hydrogen-bond donors (Lipinski definition) is 1. The number of anilines is 1. The molecule has 0 unspecified atom stereocenters. The number of ether oxygens (including phenoxy) is 3. The molecule has 10 nitrogen and oxygen atoms in total. The van der Waals surface area contributed by atoms with Gasteiger partial charge in [-0.2, -0.15) is 0 Å². The van der Waals surface area contributed by atoms with Gasteiger partial charge in [0.2, 0.25) is 0 Å². The smallest absolute Gasteiger partial charge is 0.256 e. The van der Waals surface area contributed by atoms with Crippen LogP contribution in [-0.2, 0) is 21.3 Å². The maximum Gasteiger partial charge on any atom is 0.256 e. The third kappa shape index (κ3) is 8.49. The minimum atomic E-state index is -2.21. The van der Waals surface area contributed by atoms with Crippen LogP contribution >= 0.6 is 0 Å². The van der Waals surface area contributed by atoms with Crippen LogP contribution in [-0.4, -0.2) is 60.7 Å². The van der Waals surface area contributed by atoms with Gasteiger partial charge in [-0.3, -0.25) is 4.79 Å². The molecule has 11 heteroatoms. The Morgan fingerprint density at radius 3 is 1.85 bits per heavy atom. The monoisotopic (exact) mass is 757 g/mol. The molecule has 0 fully saturated rings. The van der Waals surface area contributed by atoms with Crippen LogP contribution in [0.2, 0.25) is 18.1 Å². The normalized spacial score (nSPS) is 13.3. The number of nitrogens with zero attached hydrogens (tertiary/aromatic N) is 4. The van der Waals surface area contributed by atoms with Crippen LogP contribution in [0, 0.1) is 5.92 Å². The predicted molar refractivity (Wildman–Crippen MR) is 219 cm³/mol. The van der Waals surface area contributed by atoms with E-state index in [1.807, 2.05) is 65.2 Å². The van der Waals surface area contributed by atoms with Crippen molar-refractivity contribution >= 4 is 31.2 Å². The fourth-order valence-electron chi connectivity index (χ4n) is 6.51. The van der Waals surface area contributed by atoms with Crippen molar-refractivity contribution in [2.45, 2.75) is 64.1 Å². The number of hydrogen-bond acceptors (Lipinski definition) is 8. The fraction of sp³-hybridized carbons (Fsp3) is 0.318. The van der Waals surface area contributed by atoms with Gasteiger partial charge < -0.3 is 28.5 Å². The highest BCUT2D eigenvalue weighted by atomic mass is 28.4. The molecule has 0 saturated heterocycles. The number of methoxy groups -OCH3 is 2. The molecule has 286 valence electrons. The predicted octanol–water partition coefficient (Wildman–Crippen LogP) is 9.13. The van der Waals surface area contributed by atoms with E-state index in [2.05, 4.69) is 92.5 Å². The van der Waals surface area contributed by atoms with Gasteiger partial charge >= 0.3 is 0 Å². The highest BCUT2D eigenvalue weighted by Crippen LogP contribution is 2.43. The van der Waals surface area contributed by atoms with E-state index in [4.69, 9.17) is 23.6 Å². The number of nitrogens with one attached hydrogen (secondary N) is 1. The van der Waals surface area contributed by atoms with E-state index in [0.717, 1.165) is 28.2 Å². The van der Waals surface area contributed by atoms with Crippen molar-refractivity contribution in [3.63, 3.8) is 0 Å². The van der Waals surface area contributed by atoms with Crippen LogP contribution in [0.4, 0.5) is 5.82 Å². The summed E-state index contributed by atoms with van der Waals surface area (Å²) in [5.41, 5.74) is 3.48. The van der Waals surface area contributed by atoms with Gasteiger partial charge in [0.1, 0.15) is 23.4 Å². The first-order chi connectivity index (χ1) is 26.4. The standard InChI is InChI=1S/C44H51N5O5Si/c1-31(54-55(7,8)43(2,3)4)33(27-49-30-47-39-40(45-29-46-41(39)49)48-42(50)32-15-11-9-12-16-32)28-53-44(34-17-13-10-14-18-34,35-19-23-37(51-5)24-20-35)36-21-25-38(52-6)26-22-36/h9-26,29-31,33H,27-28H2,1-8H3,(H,45,46,48,50)/t31-,33-/m1/s1. The Morgan fingerprint density at radius 1 is 0.764 bits per heavy atom. The highest BCUT2D eigenvalue weighted by Gasteiger charge is 2.42. The van der Waals surface area contributed by atoms with Gasteiger partial charge in [0, 0.05) is 24.1 Å². The molecule has 1 amide bonds. The lowest BCUT2D eigenvalue weighted by Gasteiger charge is -2.42. The van der Waals surface area contributed by atoms with Gasteiger partial charge in [-0.25, -0.2) is 15.0 Å². The van der Waals surface area contributed by atoms with Gasteiger partial charge in [0.05, 0.1) is 27.2 Å². The first-order valence-electron chi connectivity index (χ1n) is 18.5. The topological polar surface area (TPSA) is 110 Å². The van der Waals surface area contributed by atoms with E-state index >= 15 is 0 Å². The van der Waals surface area contributed by atoms with E-state index in [9.17, 15) is 4.79 Å². The van der Waals surface area contributed by atoms with Gasteiger partial charge in [-0.15, -0.1) is 0 Å². The lowest BCUT2D eigenvalue weighted by Crippen LogP contribution is -2.46. The Morgan fingerprint density at radius 2 is 1.31 bits per heavy atom. The maximum atomic E-state index is 13.1. The van der Waals surface area contributed by atoms with E-state index in [1.165, 1.54) is 6.33 Å². The quantitative estimate of drug-likeness (QED) is 0.0817. The minimum Gasteiger partial charge on any atom is -0.497 e. The second-order valence-electron chi connectivity index (χ2n) is 15.3. The molecule has 6 rings (SSSR count). The summed E-state index contributed by atoms with van der Waals surface area (Å²) in [5.74, 6) is 1.42. The average molecular weight is 758 g/mol. The molecule has 0 spiro atoms. The summed E-state index contributed by atoms with van der Waals surface area (Å²) in [6.45, 7) is 14.2. The number of rotatable bonds is 15. The second kappa shape index (κ2) is 16.6. The molecular formula is C44H51N5O5Si. The number of benzene rings is 4. The Labute approximate surface area is 325 Å². The van der Waals surface area contributed by atoms with Crippen molar-refractivity contribution in [2.24, 2.45) is 5.92 Å². The molecule has 0 bridgehead atoms. The number of amides is 1. The Hall–Kier alpha value is -5.36. The van der Waals surface area contributed by atoms with Crippen molar-refractivity contribution in [1.82, 2.24) is 19.5 Å². The average Bonchev–Trinajstić information content (AvgIpc) is 3.61. The first-order valence-corrected chi connectivity index (χ1v) is 21.5. The van der Waals surface area contributed by atoms with Crippen molar-refractivity contribution in [1.29, 1.82) is 0 Å². The molecule has 2 aromatic heterocycles. The fourth-order valence-corrected chi connectivity index (χ4v) is 7.98. The molecular weight excluding hydrogens is 707 g/mol. The maximum absolute atomic E-state index is 13.1. The lowest BCUT2D eigenvalue weighted by atomic mass is 9.79. The largest absolute Gasteiger partial charge is 0.497 e. The molecule has 6 aromatic rings. The zero-order chi connectivity index (χ0) is 39.2. The molecule has 0 aliphatic carbocycles. The van der Waals surface area contributed by atoms with E-state index in [-0.39, 0.29) is 23.0 Å². The Kier molecular flexibility index (Phi) is 11.8. The zero-order valence-electron chi connectivity index (χ0n) is 32.9. The van der Waals surface area contributed by atoms with Crippen molar-refractivity contribution in [3.05, 3.63) is 144 Å². The van der Waals surface area contributed by atoms with E-state index in [1.54, 1.807) is 32.7 Å². The SMILES string of the molecule is COc1ccc(C(OC[C@@H](Cn2cnc3c(NC(=O)c4ccccc4)ncnc32)[C@@H](C)O[Si](C)(C)C(C)(C)C)(c2ccccc2)c2ccc(OC)cc2)cc1. The van der Waals surface area contributed by atoms with Gasteiger partial charge in [-0.1, -0.05) is 93.6 Å². The van der Waals surface area contributed by atoms with Crippen LogP contribution in [0.15, 0.2) is 122 Å². The third-order valence-corrected chi connectivity index (χ3v) is 15.3. The summed E-state index contributed by atoms with van der Waals surface area (Å²) in [5, 5.41) is 2.92. The number of carbonyl (C=O) groups is 1. The molecule has 2 heterocycles. The molecule has 0 radical (unpaired) electrons. The number of imidazole rings is 1. The number of carbonyl (C=O) groups excluding carboxylic acids is 1. The zero-order valence-corrected chi connectivity index (χ0v) is 33.9. The van der Waals surface area contributed by atoms with Crippen LogP contribution in [0.1, 0.15) is 54.7 Å². The third-order valence-electron chi connectivity index (χ3n) is 10.7. The summed E-state index contributed by atoms with van der Waals surface area (Å²) < 4.78 is 27.7. The molecule has 1 N–H and O–H groups in total. The summed E-state index contributed by atoms with van der Waals surface area (Å²) in [6.07, 6.45) is 2.99. The Bertz CT molecular complexity index is 2120. The molecule has 4 aromatic carbocycles. The molecule has 0 aliphatic rings. The highest BCUT2D eigenvalue weighted by molar-refractivity contribution is 6.74. The van der Waals surface area contributed by atoms with Crippen LogP contribution in [0.5, 0.6) is 11.5 Å². The van der Waals surface area contributed by atoms with Crippen LogP contribution < -0.4 is 14.8 Å². The summed E-state index contributed by atoms with van der Waals surface area (Å²) in [7, 11) is 1.12. The summed E-state index contributed by atoms with van der Waals surface area (Å²) >= 11 is 0. The van der Waals surface area contributed by atoms with Crippen molar-refractivity contribution in [2.75, 3.05) is 26.1 Å². The summed E-state index contributed by atoms with van der Waals surface area (Å²) in [6, 6.07) is 35.4. The molecule has 0 aliphatic heterocycles. The molecule has 0 saturated carbocycles. The molecule has 2 atom stereocenters. The number of fused-ring (bicyclic) bond motifs is 1. The van der Waals surface area contributed by atoms with E-state index < -0.39 is 13.9 Å². The van der Waals surface area contributed by atoms with Gasteiger partial charge in [0.25, 0.3) is 5.91 Å². The van der Waals surface area contributed by atoms with Crippen molar-refractivity contribution < 1.29 is 23.4 Å². The first kappa shape index (κ1) is 39.3. The summed E-state index contributed by atoms with van der Waals surface area (Å²) in [4.78, 5) is 26.8. The minimum absolute atomic E-state index is 0.00651. The second-order valence-corrected chi connectivity index (χ2v) is 20.0. The van der Waals surface area contributed by atoms with Crippen LogP contribution in [0.25, 0.3) is 11.2 Å².